The summed E-state index contributed by atoms with van der Waals surface area (Å²) in [7, 11) is 1.33. The van der Waals surface area contributed by atoms with E-state index in [1.165, 1.54) is 7.11 Å². The average Bonchev–Trinajstić information content (AvgIpc) is 2.47. The quantitative estimate of drug-likeness (QED) is 0.603. The Hall–Kier alpha value is -1.84. The molecule has 3 fully saturated rings. The van der Waals surface area contributed by atoms with E-state index in [9.17, 15) is 9.59 Å². The van der Waals surface area contributed by atoms with Gasteiger partial charge in [0.05, 0.1) is 7.11 Å². The number of fused-ring (bicyclic) bond motifs is 3. The number of carbonyl (C=O) groups is 2. The number of rotatable bonds is 2. The van der Waals surface area contributed by atoms with Crippen LogP contribution in [0, 0.1) is 5.41 Å². The SMILES string of the molecule is COC(=O)[C@@]12CC[C@@H](C[C@H]1c1ccccc1)OC2=O. The molecule has 4 nitrogen and oxygen atoms in total. The van der Waals surface area contributed by atoms with Gasteiger partial charge < -0.3 is 9.47 Å². The van der Waals surface area contributed by atoms with Gasteiger partial charge in [0, 0.05) is 5.92 Å². The van der Waals surface area contributed by atoms with Crippen LogP contribution in [0.3, 0.4) is 0 Å². The molecule has 0 N–H and O–H groups in total. The number of carbonyl (C=O) groups excluding carboxylic acids is 2. The zero-order chi connectivity index (χ0) is 13.5. The van der Waals surface area contributed by atoms with Crippen molar-refractivity contribution in [3.05, 3.63) is 35.9 Å². The van der Waals surface area contributed by atoms with Gasteiger partial charge in [-0.25, -0.2) is 0 Å². The molecular weight excluding hydrogens is 244 g/mol. The van der Waals surface area contributed by atoms with Gasteiger partial charge in [0.2, 0.25) is 0 Å². The fourth-order valence-electron chi connectivity index (χ4n) is 3.37. The van der Waals surface area contributed by atoms with Crippen LogP contribution in [-0.4, -0.2) is 25.2 Å². The molecule has 1 aromatic carbocycles. The van der Waals surface area contributed by atoms with Crippen LogP contribution < -0.4 is 0 Å². The highest BCUT2D eigenvalue weighted by atomic mass is 16.6. The lowest BCUT2D eigenvalue weighted by Crippen LogP contribution is -2.56. The summed E-state index contributed by atoms with van der Waals surface area (Å²) in [6.07, 6.45) is 1.89. The standard InChI is InChI=1S/C15H16O4/c1-18-13(16)15-8-7-11(19-14(15)17)9-12(15)10-5-3-2-4-6-10/h2-6,11-12H,7-9H2,1H3/t11-,12-,15+/m0/s1. The Kier molecular flexibility index (Phi) is 2.81. The van der Waals surface area contributed by atoms with Crippen LogP contribution >= 0.6 is 0 Å². The first-order chi connectivity index (χ1) is 9.18. The summed E-state index contributed by atoms with van der Waals surface area (Å²) in [4.78, 5) is 24.5. The van der Waals surface area contributed by atoms with Gasteiger partial charge in [0.25, 0.3) is 0 Å². The topological polar surface area (TPSA) is 52.6 Å². The molecule has 4 rings (SSSR count). The molecule has 0 amide bonds. The molecule has 3 aliphatic rings. The number of hydrogen-bond acceptors (Lipinski definition) is 4. The average molecular weight is 260 g/mol. The minimum absolute atomic E-state index is 0.0655. The maximum atomic E-state index is 12.2. The summed E-state index contributed by atoms with van der Waals surface area (Å²) in [5, 5.41) is 0. The molecule has 3 atom stereocenters. The molecule has 1 aromatic rings. The maximum Gasteiger partial charge on any atom is 0.324 e. The predicted molar refractivity (Wildman–Crippen MR) is 67.4 cm³/mol. The van der Waals surface area contributed by atoms with Crippen LogP contribution in [0.1, 0.15) is 30.7 Å². The smallest absolute Gasteiger partial charge is 0.324 e. The second-order valence-electron chi connectivity index (χ2n) is 5.23. The molecule has 0 unspecified atom stereocenters. The predicted octanol–water partition coefficient (Wildman–Crippen LogP) is 2.04. The molecule has 2 aliphatic heterocycles. The Morgan fingerprint density at radius 2 is 2.11 bits per heavy atom. The first-order valence-electron chi connectivity index (χ1n) is 6.53. The van der Waals surface area contributed by atoms with E-state index in [1.54, 1.807) is 0 Å². The van der Waals surface area contributed by atoms with Gasteiger partial charge in [-0.2, -0.15) is 0 Å². The van der Waals surface area contributed by atoms with E-state index in [-0.39, 0.29) is 12.0 Å². The molecule has 2 bridgehead atoms. The van der Waals surface area contributed by atoms with Gasteiger partial charge in [-0.1, -0.05) is 30.3 Å². The second-order valence-corrected chi connectivity index (χ2v) is 5.23. The molecule has 4 heteroatoms. The van der Waals surface area contributed by atoms with E-state index >= 15 is 0 Å². The molecule has 19 heavy (non-hydrogen) atoms. The first-order valence-corrected chi connectivity index (χ1v) is 6.53. The van der Waals surface area contributed by atoms with Gasteiger partial charge in [-0.05, 0) is 24.8 Å². The maximum absolute atomic E-state index is 12.2. The lowest BCUT2D eigenvalue weighted by atomic mass is 9.61. The van der Waals surface area contributed by atoms with Crippen molar-refractivity contribution in [3.8, 4) is 0 Å². The number of methoxy groups -OCH3 is 1. The lowest BCUT2D eigenvalue weighted by molar-refractivity contribution is -0.196. The van der Waals surface area contributed by atoms with Crippen molar-refractivity contribution in [2.24, 2.45) is 5.41 Å². The summed E-state index contributed by atoms with van der Waals surface area (Å²) in [5.74, 6) is -1.03. The molecule has 1 aliphatic carbocycles. The molecule has 1 saturated carbocycles. The van der Waals surface area contributed by atoms with Gasteiger partial charge >= 0.3 is 11.9 Å². The summed E-state index contributed by atoms with van der Waals surface area (Å²) < 4.78 is 10.2. The van der Waals surface area contributed by atoms with Gasteiger partial charge in [-0.3, -0.25) is 9.59 Å². The van der Waals surface area contributed by atoms with Crippen molar-refractivity contribution >= 4 is 11.9 Å². The molecule has 0 aromatic heterocycles. The minimum atomic E-state index is -1.15. The highest BCUT2D eigenvalue weighted by molar-refractivity contribution is 6.02. The van der Waals surface area contributed by atoms with Crippen molar-refractivity contribution in [1.29, 1.82) is 0 Å². The molecule has 0 radical (unpaired) electrons. The summed E-state index contributed by atoms with van der Waals surface area (Å²) in [5.41, 5.74) is -0.139. The van der Waals surface area contributed by atoms with Crippen molar-refractivity contribution in [3.63, 3.8) is 0 Å². The normalized spacial score (nSPS) is 32.8. The Labute approximate surface area is 111 Å². The molecule has 100 valence electrons. The van der Waals surface area contributed by atoms with E-state index in [2.05, 4.69) is 0 Å². The van der Waals surface area contributed by atoms with Gasteiger partial charge in [0.1, 0.15) is 6.10 Å². The van der Waals surface area contributed by atoms with Crippen molar-refractivity contribution in [1.82, 2.24) is 0 Å². The van der Waals surface area contributed by atoms with Crippen LogP contribution in [0.25, 0.3) is 0 Å². The summed E-state index contributed by atoms with van der Waals surface area (Å²) in [6, 6.07) is 9.70. The van der Waals surface area contributed by atoms with Crippen molar-refractivity contribution in [2.75, 3.05) is 7.11 Å². The Bertz CT molecular complexity index is 500. The zero-order valence-electron chi connectivity index (χ0n) is 10.8. The second kappa shape index (κ2) is 4.37. The molecule has 2 heterocycles. The summed E-state index contributed by atoms with van der Waals surface area (Å²) in [6.45, 7) is 0. The molecule has 2 saturated heterocycles. The highest BCUT2D eigenvalue weighted by Gasteiger charge is 2.61. The largest absolute Gasteiger partial charge is 0.468 e. The fraction of sp³-hybridized carbons (Fsp3) is 0.467. The monoisotopic (exact) mass is 260 g/mol. The van der Waals surface area contributed by atoms with E-state index in [4.69, 9.17) is 9.47 Å². The number of esters is 2. The number of hydrogen-bond donors (Lipinski definition) is 0. The Morgan fingerprint density at radius 1 is 1.37 bits per heavy atom. The van der Waals surface area contributed by atoms with E-state index in [1.807, 2.05) is 30.3 Å². The highest BCUT2D eigenvalue weighted by Crippen LogP contribution is 2.53. The summed E-state index contributed by atoms with van der Waals surface area (Å²) >= 11 is 0. The Balaban J connectivity index is 2.08. The first kappa shape index (κ1) is 12.2. The van der Waals surface area contributed by atoms with Crippen LogP contribution in [-0.2, 0) is 19.1 Å². The fourth-order valence-corrected chi connectivity index (χ4v) is 3.37. The van der Waals surface area contributed by atoms with Crippen LogP contribution in [0.15, 0.2) is 30.3 Å². The van der Waals surface area contributed by atoms with E-state index in [0.717, 1.165) is 12.0 Å². The third-order valence-corrected chi connectivity index (χ3v) is 4.34. The number of benzene rings is 1. The zero-order valence-corrected chi connectivity index (χ0v) is 10.8. The molecular formula is C15H16O4. The van der Waals surface area contributed by atoms with E-state index in [0.29, 0.717) is 12.8 Å². The Morgan fingerprint density at radius 3 is 2.74 bits per heavy atom. The van der Waals surface area contributed by atoms with E-state index < -0.39 is 17.4 Å². The van der Waals surface area contributed by atoms with Crippen LogP contribution in [0.2, 0.25) is 0 Å². The number of ether oxygens (including phenoxy) is 2. The van der Waals surface area contributed by atoms with Crippen LogP contribution in [0.5, 0.6) is 0 Å². The lowest BCUT2D eigenvalue weighted by Gasteiger charge is -2.47. The van der Waals surface area contributed by atoms with Crippen LogP contribution in [0.4, 0.5) is 0 Å². The van der Waals surface area contributed by atoms with Gasteiger partial charge in [0.15, 0.2) is 5.41 Å². The van der Waals surface area contributed by atoms with Gasteiger partial charge in [-0.15, -0.1) is 0 Å². The third kappa shape index (κ3) is 1.66. The molecule has 0 spiro atoms. The van der Waals surface area contributed by atoms with Crippen molar-refractivity contribution in [2.45, 2.75) is 31.3 Å². The third-order valence-electron chi connectivity index (χ3n) is 4.34. The van der Waals surface area contributed by atoms with Crippen molar-refractivity contribution < 1.29 is 19.1 Å². The minimum Gasteiger partial charge on any atom is -0.468 e.